The number of nitrogens with zero attached hydrogens (tertiary/aromatic N) is 2. The number of rotatable bonds is 4. The van der Waals surface area contributed by atoms with Gasteiger partial charge in [0, 0.05) is 19.3 Å². The lowest BCUT2D eigenvalue weighted by Crippen LogP contribution is -2.29. The molecule has 0 unspecified atom stereocenters. The van der Waals surface area contributed by atoms with E-state index >= 15 is 0 Å². The van der Waals surface area contributed by atoms with Crippen molar-refractivity contribution in [2.24, 2.45) is 0 Å². The van der Waals surface area contributed by atoms with Crippen LogP contribution >= 0.6 is 11.3 Å². The number of pyridine rings is 1. The molecule has 1 aliphatic rings. The molecule has 1 fully saturated rings. The summed E-state index contributed by atoms with van der Waals surface area (Å²) in [6, 6.07) is 5.02. The molecule has 2 aromatic rings. The van der Waals surface area contributed by atoms with Crippen LogP contribution in [0.1, 0.15) is 28.1 Å². The largest absolute Gasteiger partial charge is 0.306 e. The average molecular weight is 351 g/mol. The first-order valence-electron chi connectivity index (χ1n) is 7.30. The predicted molar refractivity (Wildman–Crippen MR) is 89.2 cm³/mol. The Kier molecular flexibility index (Phi) is 4.47. The Morgan fingerprint density at radius 3 is 2.65 bits per heavy atom. The average Bonchev–Trinajstić information content (AvgIpc) is 3.21. The van der Waals surface area contributed by atoms with Crippen LogP contribution in [0.25, 0.3) is 0 Å². The quantitative estimate of drug-likeness (QED) is 0.918. The first-order valence-corrected chi connectivity index (χ1v) is 9.62. The molecule has 0 radical (unpaired) electrons. The minimum absolute atomic E-state index is 0.0778. The molecule has 0 saturated carbocycles. The fraction of sp³-hybridized carbons (Fsp3) is 0.333. The number of hydrogen-bond acceptors (Lipinski definition) is 5. The summed E-state index contributed by atoms with van der Waals surface area (Å²) in [5, 5.41) is 4.28. The van der Waals surface area contributed by atoms with Gasteiger partial charge in [-0.15, -0.1) is 11.3 Å². The van der Waals surface area contributed by atoms with Crippen molar-refractivity contribution in [2.75, 3.05) is 18.4 Å². The van der Waals surface area contributed by atoms with Crippen molar-refractivity contribution in [1.82, 2.24) is 9.29 Å². The highest BCUT2D eigenvalue weighted by Gasteiger charge is 2.31. The molecular weight excluding hydrogens is 334 g/mol. The van der Waals surface area contributed by atoms with E-state index in [9.17, 15) is 13.2 Å². The molecule has 0 bridgehead atoms. The first-order chi connectivity index (χ1) is 11.0. The number of sulfonamides is 1. The van der Waals surface area contributed by atoms with Crippen LogP contribution in [-0.4, -0.2) is 36.7 Å². The van der Waals surface area contributed by atoms with Gasteiger partial charge in [-0.1, -0.05) is 6.07 Å². The van der Waals surface area contributed by atoms with E-state index in [1.165, 1.54) is 10.4 Å². The topological polar surface area (TPSA) is 79.4 Å². The Morgan fingerprint density at radius 1 is 1.26 bits per heavy atom. The SMILES string of the molecule is Cc1ccc(NC(=O)c2sccc2S(=O)(=O)N2CCCC2)nc1. The van der Waals surface area contributed by atoms with E-state index in [1.54, 1.807) is 17.6 Å². The van der Waals surface area contributed by atoms with Crippen LogP contribution in [0.15, 0.2) is 34.7 Å². The van der Waals surface area contributed by atoms with Gasteiger partial charge < -0.3 is 5.32 Å². The monoisotopic (exact) mass is 351 g/mol. The molecule has 6 nitrogen and oxygen atoms in total. The molecule has 122 valence electrons. The van der Waals surface area contributed by atoms with Crippen LogP contribution in [0.3, 0.4) is 0 Å². The lowest BCUT2D eigenvalue weighted by atomic mass is 10.3. The lowest BCUT2D eigenvalue weighted by Gasteiger charge is -2.15. The van der Waals surface area contributed by atoms with E-state index < -0.39 is 15.9 Å². The van der Waals surface area contributed by atoms with E-state index in [4.69, 9.17) is 0 Å². The van der Waals surface area contributed by atoms with E-state index in [1.807, 2.05) is 13.0 Å². The number of aryl methyl sites for hydroxylation is 1. The van der Waals surface area contributed by atoms with Crippen LogP contribution in [0.2, 0.25) is 0 Å². The third-order valence-electron chi connectivity index (χ3n) is 3.67. The molecule has 0 aromatic carbocycles. The van der Waals surface area contributed by atoms with Gasteiger partial charge in [0.15, 0.2) is 0 Å². The maximum Gasteiger partial charge on any atom is 0.268 e. The molecule has 8 heteroatoms. The Bertz CT molecular complexity index is 807. The molecule has 3 heterocycles. The highest BCUT2D eigenvalue weighted by atomic mass is 32.2. The highest BCUT2D eigenvalue weighted by molar-refractivity contribution is 7.89. The van der Waals surface area contributed by atoms with Gasteiger partial charge in [-0.05, 0) is 42.8 Å². The number of amides is 1. The molecule has 0 spiro atoms. The summed E-state index contributed by atoms with van der Waals surface area (Å²) in [5.74, 6) is -0.0485. The van der Waals surface area contributed by atoms with Gasteiger partial charge in [-0.25, -0.2) is 13.4 Å². The number of nitrogens with one attached hydrogen (secondary N) is 1. The molecule has 1 saturated heterocycles. The third kappa shape index (κ3) is 3.29. The number of carbonyl (C=O) groups is 1. The van der Waals surface area contributed by atoms with E-state index in [0.717, 1.165) is 29.7 Å². The summed E-state index contributed by atoms with van der Waals surface area (Å²) in [6.45, 7) is 2.93. The van der Waals surface area contributed by atoms with Crippen LogP contribution in [0, 0.1) is 6.92 Å². The summed E-state index contributed by atoms with van der Waals surface area (Å²) in [6.07, 6.45) is 3.36. The Labute approximate surface area is 139 Å². The molecule has 1 N–H and O–H groups in total. The van der Waals surface area contributed by atoms with Gasteiger partial charge in [0.05, 0.1) is 0 Å². The van der Waals surface area contributed by atoms with Crippen LogP contribution in [0.4, 0.5) is 5.82 Å². The maximum atomic E-state index is 12.7. The van der Waals surface area contributed by atoms with Crippen molar-refractivity contribution >= 4 is 33.1 Å². The highest BCUT2D eigenvalue weighted by Crippen LogP contribution is 2.28. The Hall–Kier alpha value is -1.77. The smallest absolute Gasteiger partial charge is 0.268 e. The lowest BCUT2D eigenvalue weighted by molar-refractivity contribution is 0.102. The number of thiophene rings is 1. The minimum Gasteiger partial charge on any atom is -0.306 e. The summed E-state index contributed by atoms with van der Waals surface area (Å²) in [4.78, 5) is 16.8. The van der Waals surface area contributed by atoms with Gasteiger partial charge in [0.1, 0.15) is 15.6 Å². The zero-order valence-electron chi connectivity index (χ0n) is 12.7. The number of aromatic nitrogens is 1. The molecule has 1 amide bonds. The second kappa shape index (κ2) is 6.38. The number of anilines is 1. The third-order valence-corrected chi connectivity index (χ3v) is 6.65. The van der Waals surface area contributed by atoms with Crippen molar-refractivity contribution in [3.05, 3.63) is 40.2 Å². The van der Waals surface area contributed by atoms with Crippen molar-refractivity contribution in [3.8, 4) is 0 Å². The Balaban J connectivity index is 1.85. The fourth-order valence-electron chi connectivity index (χ4n) is 2.45. The van der Waals surface area contributed by atoms with Crippen molar-refractivity contribution in [3.63, 3.8) is 0 Å². The van der Waals surface area contributed by atoms with Crippen LogP contribution in [0.5, 0.6) is 0 Å². The zero-order valence-corrected chi connectivity index (χ0v) is 14.3. The zero-order chi connectivity index (χ0) is 16.4. The van der Waals surface area contributed by atoms with Crippen LogP contribution < -0.4 is 5.32 Å². The van der Waals surface area contributed by atoms with Gasteiger partial charge >= 0.3 is 0 Å². The molecule has 0 aliphatic carbocycles. The fourth-order valence-corrected chi connectivity index (χ4v) is 5.26. The first kappa shape index (κ1) is 16.1. The van der Waals surface area contributed by atoms with Gasteiger partial charge in [0.25, 0.3) is 5.91 Å². The second-order valence-electron chi connectivity index (χ2n) is 5.40. The summed E-state index contributed by atoms with van der Waals surface area (Å²) >= 11 is 1.12. The standard InChI is InChI=1S/C15H17N3O3S2/c1-11-4-5-13(16-10-11)17-15(19)14-12(6-9-22-14)23(20,21)18-7-2-3-8-18/h4-6,9-10H,2-3,7-8H2,1H3,(H,16,17,19). The summed E-state index contributed by atoms with van der Waals surface area (Å²) < 4.78 is 26.8. The molecule has 23 heavy (non-hydrogen) atoms. The molecule has 3 rings (SSSR count). The number of hydrogen-bond donors (Lipinski definition) is 1. The number of carbonyl (C=O) groups excluding carboxylic acids is 1. The van der Waals surface area contributed by atoms with Crippen LogP contribution in [-0.2, 0) is 10.0 Å². The van der Waals surface area contributed by atoms with Crippen molar-refractivity contribution < 1.29 is 13.2 Å². The van der Waals surface area contributed by atoms with E-state index in [-0.39, 0.29) is 9.77 Å². The van der Waals surface area contributed by atoms with Crippen molar-refractivity contribution in [2.45, 2.75) is 24.7 Å². The molecular formula is C15H17N3O3S2. The molecule has 0 atom stereocenters. The second-order valence-corrected chi connectivity index (χ2v) is 8.22. The maximum absolute atomic E-state index is 12.7. The van der Waals surface area contributed by atoms with Gasteiger partial charge in [-0.2, -0.15) is 4.31 Å². The van der Waals surface area contributed by atoms with Crippen molar-refractivity contribution in [1.29, 1.82) is 0 Å². The minimum atomic E-state index is -3.61. The molecule has 2 aromatic heterocycles. The Morgan fingerprint density at radius 2 is 2.00 bits per heavy atom. The van der Waals surface area contributed by atoms with E-state index in [0.29, 0.717) is 18.9 Å². The van der Waals surface area contributed by atoms with Gasteiger partial charge in [-0.3, -0.25) is 4.79 Å². The normalized spacial score (nSPS) is 15.7. The van der Waals surface area contributed by atoms with E-state index in [2.05, 4.69) is 10.3 Å². The summed E-state index contributed by atoms with van der Waals surface area (Å²) in [7, 11) is -3.61. The predicted octanol–water partition coefficient (Wildman–Crippen LogP) is 2.49. The van der Waals surface area contributed by atoms with Gasteiger partial charge in [0.2, 0.25) is 10.0 Å². The summed E-state index contributed by atoms with van der Waals surface area (Å²) in [5.41, 5.74) is 0.983. The molecule has 1 aliphatic heterocycles.